The van der Waals surface area contributed by atoms with Crippen molar-refractivity contribution in [1.82, 2.24) is 4.90 Å². The molecule has 1 heterocycles. The van der Waals surface area contributed by atoms with Gasteiger partial charge in [-0.3, -0.25) is 9.59 Å². The second kappa shape index (κ2) is 7.16. The molecule has 0 bridgehead atoms. The lowest BCUT2D eigenvalue weighted by Crippen LogP contribution is -2.40. The van der Waals surface area contributed by atoms with Gasteiger partial charge < -0.3 is 15.4 Å². The van der Waals surface area contributed by atoms with E-state index in [0.29, 0.717) is 43.9 Å². The number of hydrogen-bond acceptors (Lipinski definition) is 3. The lowest BCUT2D eigenvalue weighted by Gasteiger charge is -2.27. The summed E-state index contributed by atoms with van der Waals surface area (Å²) in [6.45, 7) is 2.42. The number of fused-ring (bicyclic) bond motifs is 3. The first-order chi connectivity index (χ1) is 14.1. The summed E-state index contributed by atoms with van der Waals surface area (Å²) in [5.74, 6) is -0.349. The Bertz CT molecular complexity index is 1050. The summed E-state index contributed by atoms with van der Waals surface area (Å²) in [5, 5.41) is 0. The van der Waals surface area contributed by atoms with Gasteiger partial charge in [-0.2, -0.15) is 0 Å². The maximum atomic E-state index is 12.9. The fourth-order valence-corrected chi connectivity index (χ4v) is 4.72. The predicted molar refractivity (Wildman–Crippen MR) is 112 cm³/mol. The lowest BCUT2D eigenvalue weighted by atomic mass is 9.93. The number of hydrogen-bond donors (Lipinski definition) is 1. The van der Waals surface area contributed by atoms with Crippen molar-refractivity contribution >= 4 is 17.4 Å². The fourth-order valence-electron chi connectivity index (χ4n) is 4.72. The molecule has 1 fully saturated rings. The third-order valence-corrected chi connectivity index (χ3v) is 6.24. The van der Waals surface area contributed by atoms with Crippen molar-refractivity contribution in [2.45, 2.75) is 25.7 Å². The van der Waals surface area contributed by atoms with E-state index in [1.54, 1.807) is 0 Å². The standard InChI is InChI=1S/C24H24N2O3/c25-23(27)22-13-17(15-3-1-2-4-15)12-20-19-6-5-16(11-18(19)14-21(20)22)24(28)26-7-9-29-10-8-26/h3,5-6,11-13H,1-2,4,7-10,14H2,(H2,25,27). The number of benzene rings is 2. The van der Waals surface area contributed by atoms with Crippen LogP contribution in [-0.4, -0.2) is 43.0 Å². The normalized spacial score (nSPS) is 17.7. The zero-order chi connectivity index (χ0) is 20.0. The van der Waals surface area contributed by atoms with Gasteiger partial charge >= 0.3 is 0 Å². The van der Waals surface area contributed by atoms with Gasteiger partial charge in [-0.1, -0.05) is 12.1 Å². The van der Waals surface area contributed by atoms with E-state index >= 15 is 0 Å². The smallest absolute Gasteiger partial charge is 0.254 e. The van der Waals surface area contributed by atoms with Crippen LogP contribution in [0.2, 0.25) is 0 Å². The largest absolute Gasteiger partial charge is 0.378 e. The van der Waals surface area contributed by atoms with E-state index in [1.807, 2.05) is 29.2 Å². The fraction of sp³-hybridized carbons (Fsp3) is 0.333. The summed E-state index contributed by atoms with van der Waals surface area (Å²) >= 11 is 0. The highest BCUT2D eigenvalue weighted by molar-refractivity contribution is 6.00. The first kappa shape index (κ1) is 18.1. The van der Waals surface area contributed by atoms with Gasteiger partial charge in [-0.25, -0.2) is 0 Å². The van der Waals surface area contributed by atoms with Gasteiger partial charge in [0.2, 0.25) is 5.91 Å². The highest BCUT2D eigenvalue weighted by Gasteiger charge is 2.27. The summed E-state index contributed by atoms with van der Waals surface area (Å²) in [4.78, 5) is 26.9. The van der Waals surface area contributed by atoms with Crippen molar-refractivity contribution in [2.24, 2.45) is 5.73 Å². The molecule has 0 radical (unpaired) electrons. The molecule has 2 amide bonds. The molecule has 5 rings (SSSR count). The Hall–Kier alpha value is -2.92. The zero-order valence-corrected chi connectivity index (χ0v) is 16.4. The van der Waals surface area contributed by atoms with Crippen molar-refractivity contribution in [3.63, 3.8) is 0 Å². The van der Waals surface area contributed by atoms with Crippen molar-refractivity contribution in [1.29, 1.82) is 0 Å². The summed E-state index contributed by atoms with van der Waals surface area (Å²) in [7, 11) is 0. The number of amides is 2. The molecule has 1 aliphatic heterocycles. The molecule has 3 aliphatic rings. The molecule has 0 aromatic heterocycles. The Morgan fingerprint density at radius 2 is 1.86 bits per heavy atom. The number of nitrogens with zero attached hydrogens (tertiary/aromatic N) is 1. The topological polar surface area (TPSA) is 72.6 Å². The van der Waals surface area contributed by atoms with Crippen LogP contribution < -0.4 is 5.73 Å². The SMILES string of the molecule is NC(=O)c1cc(C2=CCCC2)cc2c1Cc1cc(C(=O)N3CCOCC3)ccc1-2. The van der Waals surface area contributed by atoms with E-state index in [-0.39, 0.29) is 11.8 Å². The molecule has 0 unspecified atom stereocenters. The second-order valence-corrected chi connectivity index (χ2v) is 7.99. The Morgan fingerprint density at radius 3 is 2.59 bits per heavy atom. The van der Waals surface area contributed by atoms with Gasteiger partial charge in [0, 0.05) is 24.2 Å². The van der Waals surface area contributed by atoms with E-state index in [0.717, 1.165) is 47.1 Å². The molecule has 29 heavy (non-hydrogen) atoms. The van der Waals surface area contributed by atoms with Gasteiger partial charge in [0.25, 0.3) is 5.91 Å². The highest BCUT2D eigenvalue weighted by atomic mass is 16.5. The molecule has 5 nitrogen and oxygen atoms in total. The van der Waals surface area contributed by atoms with Crippen molar-refractivity contribution in [3.8, 4) is 11.1 Å². The molecule has 2 aromatic rings. The molecule has 148 valence electrons. The molecular weight excluding hydrogens is 364 g/mol. The van der Waals surface area contributed by atoms with Gasteiger partial charge in [0.15, 0.2) is 0 Å². The summed E-state index contributed by atoms with van der Waals surface area (Å²) in [5.41, 5.74) is 13.6. The van der Waals surface area contributed by atoms with Gasteiger partial charge in [-0.05, 0) is 83.3 Å². The van der Waals surface area contributed by atoms with Gasteiger partial charge in [0.1, 0.15) is 0 Å². The number of ether oxygens (including phenoxy) is 1. The average Bonchev–Trinajstić information content (AvgIpc) is 3.40. The average molecular weight is 388 g/mol. The minimum Gasteiger partial charge on any atom is -0.378 e. The molecule has 0 saturated carbocycles. The molecule has 2 N–H and O–H groups in total. The molecule has 2 aliphatic carbocycles. The summed E-state index contributed by atoms with van der Waals surface area (Å²) in [6, 6.07) is 10.0. The molecule has 0 atom stereocenters. The van der Waals surface area contributed by atoms with E-state index < -0.39 is 0 Å². The van der Waals surface area contributed by atoms with Crippen LogP contribution in [0.25, 0.3) is 16.7 Å². The molecule has 5 heteroatoms. The number of carbonyl (C=O) groups is 2. The van der Waals surface area contributed by atoms with Crippen LogP contribution in [0, 0.1) is 0 Å². The quantitative estimate of drug-likeness (QED) is 0.747. The number of primary amides is 1. The van der Waals surface area contributed by atoms with Crippen LogP contribution >= 0.6 is 0 Å². The number of morpholine rings is 1. The maximum absolute atomic E-state index is 12.9. The maximum Gasteiger partial charge on any atom is 0.254 e. The van der Waals surface area contributed by atoms with Gasteiger partial charge in [0.05, 0.1) is 13.2 Å². The highest BCUT2D eigenvalue weighted by Crippen LogP contribution is 2.42. The van der Waals surface area contributed by atoms with E-state index in [4.69, 9.17) is 10.5 Å². The van der Waals surface area contributed by atoms with Crippen molar-refractivity contribution in [2.75, 3.05) is 26.3 Å². The van der Waals surface area contributed by atoms with Crippen LogP contribution in [0.15, 0.2) is 36.4 Å². The van der Waals surface area contributed by atoms with E-state index in [9.17, 15) is 9.59 Å². The molecule has 2 aromatic carbocycles. The monoisotopic (exact) mass is 388 g/mol. The molecule has 1 saturated heterocycles. The van der Waals surface area contributed by atoms with E-state index in [1.165, 1.54) is 5.57 Å². The summed E-state index contributed by atoms with van der Waals surface area (Å²) < 4.78 is 5.35. The zero-order valence-electron chi connectivity index (χ0n) is 16.4. The number of carbonyl (C=O) groups excluding carboxylic acids is 2. The first-order valence-electron chi connectivity index (χ1n) is 10.3. The van der Waals surface area contributed by atoms with Crippen LogP contribution in [0.4, 0.5) is 0 Å². The Kier molecular flexibility index (Phi) is 4.47. The lowest BCUT2D eigenvalue weighted by molar-refractivity contribution is 0.0303. The molecular formula is C24H24N2O3. The Morgan fingerprint density at radius 1 is 1.03 bits per heavy atom. The summed E-state index contributed by atoms with van der Waals surface area (Å²) in [6.07, 6.45) is 6.17. The predicted octanol–water partition coefficient (Wildman–Crippen LogP) is 3.40. The van der Waals surface area contributed by atoms with Crippen molar-refractivity contribution in [3.05, 3.63) is 64.2 Å². The molecule has 0 spiro atoms. The third kappa shape index (κ3) is 3.15. The van der Waals surface area contributed by atoms with Crippen LogP contribution in [0.5, 0.6) is 0 Å². The second-order valence-electron chi connectivity index (χ2n) is 7.99. The van der Waals surface area contributed by atoms with E-state index in [2.05, 4.69) is 12.1 Å². The van der Waals surface area contributed by atoms with Crippen LogP contribution in [0.3, 0.4) is 0 Å². The van der Waals surface area contributed by atoms with Gasteiger partial charge in [-0.15, -0.1) is 0 Å². The van der Waals surface area contributed by atoms with Crippen LogP contribution in [-0.2, 0) is 11.2 Å². The first-order valence-corrected chi connectivity index (χ1v) is 10.3. The Balaban J connectivity index is 1.54. The minimum absolute atomic E-state index is 0.0407. The third-order valence-electron chi connectivity index (χ3n) is 6.24. The minimum atomic E-state index is -0.390. The number of rotatable bonds is 3. The number of nitrogens with two attached hydrogens (primary N) is 1. The Labute approximate surface area is 170 Å². The van der Waals surface area contributed by atoms with Crippen LogP contribution in [0.1, 0.15) is 56.7 Å². The number of allylic oxidation sites excluding steroid dienone is 2. The van der Waals surface area contributed by atoms with Crippen molar-refractivity contribution < 1.29 is 14.3 Å².